The van der Waals surface area contributed by atoms with E-state index in [1.807, 2.05) is 6.92 Å². The molecule has 2 aromatic rings. The van der Waals surface area contributed by atoms with E-state index < -0.39 is 27.7 Å². The molecule has 26 heavy (non-hydrogen) atoms. The molecule has 0 radical (unpaired) electrons. The van der Waals surface area contributed by atoms with Crippen LogP contribution in [0, 0.1) is 0 Å². The number of ether oxygens (including phenoxy) is 2. The highest BCUT2D eigenvalue weighted by molar-refractivity contribution is 7.90. The number of carbonyl (C=O) groups excluding carboxylic acids is 2. The van der Waals surface area contributed by atoms with Crippen LogP contribution in [0.3, 0.4) is 0 Å². The van der Waals surface area contributed by atoms with Gasteiger partial charge >= 0.3 is 5.97 Å². The number of rotatable bonds is 7. The average molecular weight is 376 g/mol. The summed E-state index contributed by atoms with van der Waals surface area (Å²) in [5.41, 5.74) is 0.270. The lowest BCUT2D eigenvalue weighted by molar-refractivity contribution is 0.0315. The molecule has 0 saturated heterocycles. The quantitative estimate of drug-likeness (QED) is 0.545. The summed E-state index contributed by atoms with van der Waals surface area (Å²) >= 11 is 0. The van der Waals surface area contributed by atoms with Crippen molar-refractivity contribution in [2.24, 2.45) is 0 Å². The Morgan fingerprint density at radius 2 is 1.65 bits per heavy atom. The van der Waals surface area contributed by atoms with Crippen LogP contribution in [0.25, 0.3) is 0 Å². The maximum Gasteiger partial charge on any atom is 0.340 e. The van der Waals surface area contributed by atoms with Crippen LogP contribution in [0.4, 0.5) is 0 Å². The van der Waals surface area contributed by atoms with Crippen LogP contribution >= 0.6 is 0 Å². The van der Waals surface area contributed by atoms with Crippen molar-refractivity contribution in [3.05, 3.63) is 59.7 Å². The Bertz CT molecular complexity index is 900. The predicted octanol–water partition coefficient (Wildman–Crippen LogP) is 2.92. The van der Waals surface area contributed by atoms with Crippen LogP contribution < -0.4 is 4.74 Å². The molecule has 0 saturated carbocycles. The van der Waals surface area contributed by atoms with Crippen LogP contribution in [0.1, 0.15) is 34.6 Å². The molecule has 0 bridgehead atoms. The number of sulfone groups is 1. The molecular formula is C19H20O6S. The summed E-state index contributed by atoms with van der Waals surface area (Å²) in [6.45, 7) is 3.82. The summed E-state index contributed by atoms with van der Waals surface area (Å²) in [5, 5.41) is 0. The Balaban J connectivity index is 2.15. The van der Waals surface area contributed by atoms with E-state index >= 15 is 0 Å². The van der Waals surface area contributed by atoms with Gasteiger partial charge in [0.1, 0.15) is 5.75 Å². The highest BCUT2D eigenvalue weighted by Gasteiger charge is 2.24. The maximum absolute atomic E-state index is 12.4. The van der Waals surface area contributed by atoms with E-state index in [0.29, 0.717) is 17.9 Å². The van der Waals surface area contributed by atoms with E-state index in [4.69, 9.17) is 9.47 Å². The van der Waals surface area contributed by atoms with Gasteiger partial charge in [0.2, 0.25) is 5.78 Å². The van der Waals surface area contributed by atoms with Gasteiger partial charge in [0.25, 0.3) is 0 Å². The molecule has 0 aliphatic heterocycles. The van der Waals surface area contributed by atoms with Crippen molar-refractivity contribution in [1.82, 2.24) is 0 Å². The molecular weight excluding hydrogens is 356 g/mol. The molecule has 0 aliphatic carbocycles. The molecule has 0 unspecified atom stereocenters. The van der Waals surface area contributed by atoms with Gasteiger partial charge in [-0.3, -0.25) is 4.79 Å². The molecule has 2 aromatic carbocycles. The van der Waals surface area contributed by atoms with E-state index in [1.54, 1.807) is 24.3 Å². The van der Waals surface area contributed by atoms with Crippen molar-refractivity contribution in [2.45, 2.75) is 24.8 Å². The second-order valence-corrected chi connectivity index (χ2v) is 7.62. The van der Waals surface area contributed by atoms with Gasteiger partial charge in [0.15, 0.2) is 15.9 Å². The number of benzene rings is 2. The van der Waals surface area contributed by atoms with Crippen LogP contribution in [-0.2, 0) is 14.6 Å². The minimum absolute atomic E-state index is 0.0960. The van der Waals surface area contributed by atoms with Crippen LogP contribution in [-0.4, -0.2) is 39.1 Å². The molecule has 0 heterocycles. The summed E-state index contributed by atoms with van der Waals surface area (Å²) in [6, 6.07) is 12.2. The first-order chi connectivity index (χ1) is 12.2. The SMILES string of the molecule is CCOc1ccc(C(=O)[C@@H](C)OC(=O)c2ccccc2S(C)(=O)=O)cc1. The van der Waals surface area contributed by atoms with Crippen LogP contribution in [0.5, 0.6) is 5.75 Å². The molecule has 0 amide bonds. The van der Waals surface area contributed by atoms with Crippen molar-refractivity contribution in [3.63, 3.8) is 0 Å². The van der Waals surface area contributed by atoms with Gasteiger partial charge < -0.3 is 9.47 Å². The third kappa shape index (κ3) is 4.70. The minimum atomic E-state index is -3.60. The standard InChI is InChI=1S/C19H20O6S/c1-4-24-15-11-9-14(10-12-15)18(20)13(2)25-19(21)16-7-5-6-8-17(16)26(3,22)23/h5-13H,4H2,1-3H3/t13-/m1/s1. The van der Waals surface area contributed by atoms with E-state index in [-0.39, 0.29) is 10.5 Å². The summed E-state index contributed by atoms with van der Waals surface area (Å²) in [5.74, 6) is -0.619. The Kier molecular flexibility index (Phi) is 6.15. The second kappa shape index (κ2) is 8.14. The van der Waals surface area contributed by atoms with Gasteiger partial charge in [-0.2, -0.15) is 0 Å². The van der Waals surface area contributed by atoms with Crippen LogP contribution in [0.15, 0.2) is 53.4 Å². The van der Waals surface area contributed by atoms with E-state index in [9.17, 15) is 18.0 Å². The normalized spacial score (nSPS) is 12.3. The highest BCUT2D eigenvalue weighted by atomic mass is 32.2. The first kappa shape index (κ1) is 19.7. The van der Waals surface area contributed by atoms with Gasteiger partial charge in [0.05, 0.1) is 17.1 Å². The number of hydrogen-bond donors (Lipinski definition) is 0. The topological polar surface area (TPSA) is 86.7 Å². The summed E-state index contributed by atoms with van der Waals surface area (Å²) in [4.78, 5) is 24.6. The van der Waals surface area contributed by atoms with Crippen LogP contribution in [0.2, 0.25) is 0 Å². The van der Waals surface area contributed by atoms with Crippen molar-refractivity contribution < 1.29 is 27.5 Å². The van der Waals surface area contributed by atoms with Gasteiger partial charge in [-0.1, -0.05) is 12.1 Å². The molecule has 0 aliphatic rings. The Morgan fingerprint density at radius 1 is 1.04 bits per heavy atom. The van der Waals surface area contributed by atoms with Crippen molar-refractivity contribution in [3.8, 4) is 5.75 Å². The smallest absolute Gasteiger partial charge is 0.340 e. The van der Waals surface area contributed by atoms with E-state index in [0.717, 1.165) is 6.26 Å². The number of Topliss-reactive ketones (excluding diaryl/α,β-unsaturated/α-hetero) is 1. The Hall–Kier alpha value is -2.67. The van der Waals surface area contributed by atoms with Gasteiger partial charge in [-0.05, 0) is 50.2 Å². The molecule has 0 spiro atoms. The molecule has 6 nitrogen and oxygen atoms in total. The second-order valence-electron chi connectivity index (χ2n) is 5.64. The highest BCUT2D eigenvalue weighted by Crippen LogP contribution is 2.19. The maximum atomic E-state index is 12.4. The van der Waals surface area contributed by atoms with Gasteiger partial charge in [0, 0.05) is 11.8 Å². The average Bonchev–Trinajstić information content (AvgIpc) is 2.61. The number of ketones is 1. The Labute approximate surface area is 152 Å². The minimum Gasteiger partial charge on any atom is -0.494 e. The predicted molar refractivity (Wildman–Crippen MR) is 96.4 cm³/mol. The zero-order chi connectivity index (χ0) is 19.3. The lowest BCUT2D eigenvalue weighted by atomic mass is 10.1. The lowest BCUT2D eigenvalue weighted by Gasteiger charge is -2.14. The van der Waals surface area contributed by atoms with Crippen molar-refractivity contribution in [2.75, 3.05) is 12.9 Å². The molecule has 0 fully saturated rings. The fourth-order valence-electron chi connectivity index (χ4n) is 2.35. The summed E-state index contributed by atoms with van der Waals surface area (Å²) in [6.07, 6.45) is -0.0544. The van der Waals surface area contributed by atoms with Gasteiger partial charge in [-0.25, -0.2) is 13.2 Å². The van der Waals surface area contributed by atoms with Crippen molar-refractivity contribution >= 4 is 21.6 Å². The zero-order valence-electron chi connectivity index (χ0n) is 14.8. The van der Waals surface area contributed by atoms with Gasteiger partial charge in [-0.15, -0.1) is 0 Å². The summed E-state index contributed by atoms with van der Waals surface area (Å²) < 4.78 is 34.1. The summed E-state index contributed by atoms with van der Waals surface area (Å²) in [7, 11) is -3.60. The monoisotopic (exact) mass is 376 g/mol. The molecule has 0 N–H and O–H groups in total. The molecule has 1 atom stereocenters. The van der Waals surface area contributed by atoms with E-state index in [1.165, 1.54) is 31.2 Å². The molecule has 2 rings (SSSR count). The third-order valence-corrected chi connectivity index (χ3v) is 4.76. The first-order valence-electron chi connectivity index (χ1n) is 8.01. The molecule has 0 aromatic heterocycles. The Morgan fingerprint density at radius 3 is 2.23 bits per heavy atom. The fourth-order valence-corrected chi connectivity index (χ4v) is 3.23. The number of esters is 1. The van der Waals surface area contributed by atoms with Crippen molar-refractivity contribution in [1.29, 1.82) is 0 Å². The lowest BCUT2D eigenvalue weighted by Crippen LogP contribution is -2.25. The molecule has 138 valence electrons. The first-order valence-corrected chi connectivity index (χ1v) is 9.90. The number of carbonyl (C=O) groups is 2. The zero-order valence-corrected chi connectivity index (χ0v) is 15.6. The number of hydrogen-bond acceptors (Lipinski definition) is 6. The third-order valence-electron chi connectivity index (χ3n) is 3.61. The van der Waals surface area contributed by atoms with E-state index in [2.05, 4.69) is 0 Å². The molecule has 7 heteroatoms. The largest absolute Gasteiger partial charge is 0.494 e. The fraction of sp³-hybridized carbons (Fsp3) is 0.263.